The highest BCUT2D eigenvalue weighted by atomic mass is 16.5. The van der Waals surface area contributed by atoms with E-state index in [1.54, 1.807) is 0 Å². The molecule has 2 heterocycles. The molecule has 2 N–H and O–H groups in total. The molecular formula is C17H20N4O2. The summed E-state index contributed by atoms with van der Waals surface area (Å²) in [7, 11) is 0. The van der Waals surface area contributed by atoms with Gasteiger partial charge in [-0.05, 0) is 37.3 Å². The van der Waals surface area contributed by atoms with E-state index in [9.17, 15) is 4.79 Å². The lowest BCUT2D eigenvalue weighted by Gasteiger charge is -2.34. The predicted molar refractivity (Wildman–Crippen MR) is 84.8 cm³/mol. The topological polar surface area (TPSA) is 85.2 Å². The SMILES string of the molecule is NC1(c2noc(CCN3C(=O)CCc4ccccc43)n2)CCC1. The third kappa shape index (κ3) is 2.53. The van der Waals surface area contributed by atoms with Crippen LogP contribution in [-0.2, 0) is 23.2 Å². The van der Waals surface area contributed by atoms with Gasteiger partial charge in [-0.3, -0.25) is 4.79 Å². The second kappa shape index (κ2) is 5.45. The lowest BCUT2D eigenvalue weighted by molar-refractivity contribution is -0.118. The number of aromatic nitrogens is 2. The zero-order valence-electron chi connectivity index (χ0n) is 13.0. The number of para-hydroxylation sites is 1. The number of benzene rings is 1. The minimum absolute atomic E-state index is 0.151. The van der Waals surface area contributed by atoms with Crippen molar-refractivity contribution in [2.75, 3.05) is 11.4 Å². The van der Waals surface area contributed by atoms with Gasteiger partial charge in [0.25, 0.3) is 0 Å². The number of rotatable bonds is 4. The summed E-state index contributed by atoms with van der Waals surface area (Å²) in [6, 6.07) is 8.05. The van der Waals surface area contributed by atoms with Gasteiger partial charge < -0.3 is 15.2 Å². The maximum Gasteiger partial charge on any atom is 0.228 e. The molecule has 0 saturated heterocycles. The van der Waals surface area contributed by atoms with Crippen molar-refractivity contribution in [3.63, 3.8) is 0 Å². The first-order chi connectivity index (χ1) is 11.2. The van der Waals surface area contributed by atoms with Gasteiger partial charge in [-0.25, -0.2) is 0 Å². The smallest absolute Gasteiger partial charge is 0.228 e. The minimum Gasteiger partial charge on any atom is -0.339 e. The van der Waals surface area contributed by atoms with Gasteiger partial charge in [-0.1, -0.05) is 23.4 Å². The van der Waals surface area contributed by atoms with Crippen molar-refractivity contribution in [1.29, 1.82) is 0 Å². The van der Waals surface area contributed by atoms with E-state index in [2.05, 4.69) is 16.2 Å². The van der Waals surface area contributed by atoms with Crippen molar-refractivity contribution in [2.45, 2.75) is 44.1 Å². The molecule has 1 aliphatic carbocycles. The zero-order valence-corrected chi connectivity index (χ0v) is 13.0. The van der Waals surface area contributed by atoms with Gasteiger partial charge in [-0.15, -0.1) is 0 Å². The van der Waals surface area contributed by atoms with Gasteiger partial charge in [0, 0.05) is 25.1 Å². The van der Waals surface area contributed by atoms with Crippen molar-refractivity contribution < 1.29 is 9.32 Å². The Labute approximate surface area is 134 Å². The van der Waals surface area contributed by atoms with Crippen LogP contribution in [-0.4, -0.2) is 22.6 Å². The van der Waals surface area contributed by atoms with Gasteiger partial charge in [0.2, 0.25) is 11.8 Å². The molecule has 23 heavy (non-hydrogen) atoms. The van der Waals surface area contributed by atoms with Crippen LogP contribution in [0.15, 0.2) is 28.8 Å². The molecule has 0 atom stereocenters. The van der Waals surface area contributed by atoms with Crippen LogP contribution in [0.5, 0.6) is 0 Å². The van der Waals surface area contributed by atoms with Crippen molar-refractivity contribution in [1.82, 2.24) is 10.1 Å². The average Bonchev–Trinajstić information content (AvgIpc) is 3.01. The molecule has 2 aliphatic rings. The van der Waals surface area contributed by atoms with E-state index < -0.39 is 5.54 Å². The van der Waals surface area contributed by atoms with Crippen LogP contribution in [0.4, 0.5) is 5.69 Å². The third-order valence-electron chi connectivity index (χ3n) is 4.90. The lowest BCUT2D eigenvalue weighted by Crippen LogP contribution is -2.44. The van der Waals surface area contributed by atoms with E-state index in [4.69, 9.17) is 10.3 Å². The molecule has 2 aromatic rings. The average molecular weight is 312 g/mol. The predicted octanol–water partition coefficient (Wildman–Crippen LogP) is 1.93. The first kappa shape index (κ1) is 14.4. The third-order valence-corrected chi connectivity index (χ3v) is 4.90. The number of anilines is 1. The molecule has 0 bridgehead atoms. The Balaban J connectivity index is 1.48. The molecule has 0 unspecified atom stereocenters. The second-order valence-corrected chi connectivity index (χ2v) is 6.45. The van der Waals surface area contributed by atoms with Crippen molar-refractivity contribution in [3.8, 4) is 0 Å². The number of nitrogens with two attached hydrogens (primary N) is 1. The molecule has 6 nitrogen and oxygen atoms in total. The van der Waals surface area contributed by atoms with E-state index in [0.717, 1.165) is 31.4 Å². The van der Waals surface area contributed by atoms with Crippen LogP contribution in [0.2, 0.25) is 0 Å². The minimum atomic E-state index is -0.407. The summed E-state index contributed by atoms with van der Waals surface area (Å²) >= 11 is 0. The molecule has 1 aromatic carbocycles. The standard InChI is InChI=1S/C17H20N4O2/c18-17(9-3-10-17)16-19-14(23-20-16)8-11-21-13-5-2-1-4-12(13)6-7-15(21)22/h1-2,4-5H,3,6-11,18H2. The van der Waals surface area contributed by atoms with Crippen LogP contribution in [0.3, 0.4) is 0 Å². The zero-order chi connectivity index (χ0) is 15.9. The van der Waals surface area contributed by atoms with Gasteiger partial charge in [0.15, 0.2) is 5.82 Å². The van der Waals surface area contributed by atoms with Crippen LogP contribution in [0.1, 0.15) is 43.0 Å². The molecular weight excluding hydrogens is 292 g/mol. The van der Waals surface area contributed by atoms with E-state index >= 15 is 0 Å². The van der Waals surface area contributed by atoms with E-state index in [-0.39, 0.29) is 5.91 Å². The fourth-order valence-corrected chi connectivity index (χ4v) is 3.29. The monoisotopic (exact) mass is 312 g/mol. The highest BCUT2D eigenvalue weighted by molar-refractivity contribution is 5.96. The number of hydrogen-bond donors (Lipinski definition) is 1. The Morgan fingerprint density at radius 3 is 2.87 bits per heavy atom. The van der Waals surface area contributed by atoms with Crippen LogP contribution >= 0.6 is 0 Å². The number of carbonyl (C=O) groups is 1. The molecule has 6 heteroatoms. The molecule has 4 rings (SSSR count). The van der Waals surface area contributed by atoms with Crippen molar-refractivity contribution in [3.05, 3.63) is 41.5 Å². The number of amides is 1. The Morgan fingerprint density at radius 2 is 2.09 bits per heavy atom. The molecule has 1 aliphatic heterocycles. The molecule has 120 valence electrons. The summed E-state index contributed by atoms with van der Waals surface area (Å²) in [5.41, 5.74) is 8.02. The van der Waals surface area contributed by atoms with Gasteiger partial charge in [0.1, 0.15) is 0 Å². The Bertz CT molecular complexity index is 736. The van der Waals surface area contributed by atoms with Crippen molar-refractivity contribution in [2.24, 2.45) is 5.73 Å². The summed E-state index contributed by atoms with van der Waals surface area (Å²) in [6.07, 6.45) is 4.83. The maximum atomic E-state index is 12.2. The summed E-state index contributed by atoms with van der Waals surface area (Å²) in [6.45, 7) is 0.551. The first-order valence-electron chi connectivity index (χ1n) is 8.16. The van der Waals surface area contributed by atoms with Crippen molar-refractivity contribution >= 4 is 11.6 Å². The van der Waals surface area contributed by atoms with Gasteiger partial charge in [-0.2, -0.15) is 4.98 Å². The second-order valence-electron chi connectivity index (χ2n) is 6.45. The normalized spacial score (nSPS) is 19.3. The largest absolute Gasteiger partial charge is 0.339 e. The number of fused-ring (bicyclic) bond motifs is 1. The number of carbonyl (C=O) groups excluding carboxylic acids is 1. The fourth-order valence-electron chi connectivity index (χ4n) is 3.29. The summed E-state index contributed by atoms with van der Waals surface area (Å²) in [5, 5.41) is 4.02. The molecule has 1 aromatic heterocycles. The summed E-state index contributed by atoms with van der Waals surface area (Å²) in [5.74, 6) is 1.30. The number of hydrogen-bond acceptors (Lipinski definition) is 5. The highest BCUT2D eigenvalue weighted by Gasteiger charge is 2.39. The van der Waals surface area contributed by atoms with Crippen LogP contribution in [0, 0.1) is 0 Å². The number of nitrogens with zero attached hydrogens (tertiary/aromatic N) is 3. The fraction of sp³-hybridized carbons (Fsp3) is 0.471. The molecule has 1 saturated carbocycles. The Morgan fingerprint density at radius 1 is 1.26 bits per heavy atom. The van der Waals surface area contributed by atoms with E-state index in [0.29, 0.717) is 31.1 Å². The molecule has 1 amide bonds. The molecule has 0 radical (unpaired) electrons. The van der Waals surface area contributed by atoms with Crippen LogP contribution in [0.25, 0.3) is 0 Å². The van der Waals surface area contributed by atoms with E-state index in [1.165, 1.54) is 5.56 Å². The first-order valence-corrected chi connectivity index (χ1v) is 8.16. The van der Waals surface area contributed by atoms with Gasteiger partial charge in [0.05, 0.1) is 5.54 Å². The summed E-state index contributed by atoms with van der Waals surface area (Å²) in [4.78, 5) is 18.5. The maximum absolute atomic E-state index is 12.2. The molecule has 0 spiro atoms. The lowest BCUT2D eigenvalue weighted by atomic mass is 9.77. The van der Waals surface area contributed by atoms with Crippen LogP contribution < -0.4 is 10.6 Å². The van der Waals surface area contributed by atoms with Gasteiger partial charge >= 0.3 is 0 Å². The Kier molecular flexibility index (Phi) is 3.41. The number of aryl methyl sites for hydroxylation is 1. The summed E-state index contributed by atoms with van der Waals surface area (Å²) < 4.78 is 5.32. The van der Waals surface area contributed by atoms with E-state index in [1.807, 2.05) is 23.1 Å². The quantitative estimate of drug-likeness (QED) is 0.932. The molecule has 1 fully saturated rings. The Hall–Kier alpha value is -2.21. The highest BCUT2D eigenvalue weighted by Crippen LogP contribution is 2.37.